The molecular formula is C12H27N5. The van der Waals surface area contributed by atoms with E-state index in [-0.39, 0.29) is 0 Å². The van der Waals surface area contributed by atoms with E-state index in [1.807, 2.05) is 0 Å². The van der Waals surface area contributed by atoms with Crippen LogP contribution in [-0.4, -0.2) is 68.1 Å². The molecule has 0 aliphatic carbocycles. The quantitative estimate of drug-likeness (QED) is 0.523. The highest BCUT2D eigenvalue weighted by Gasteiger charge is 2.18. The van der Waals surface area contributed by atoms with Crippen LogP contribution in [-0.2, 0) is 0 Å². The Labute approximate surface area is 105 Å². The summed E-state index contributed by atoms with van der Waals surface area (Å²) in [5.41, 5.74) is 5.77. The van der Waals surface area contributed by atoms with Crippen molar-refractivity contribution in [2.75, 3.05) is 46.3 Å². The molecule has 1 atom stereocenters. The molecule has 1 unspecified atom stereocenters. The number of aliphatic imine (C=N–C) groups is 1. The molecule has 1 aliphatic rings. The van der Waals surface area contributed by atoms with Crippen LogP contribution in [0.2, 0.25) is 0 Å². The number of nitrogens with zero attached hydrogens (tertiary/aromatic N) is 3. The van der Waals surface area contributed by atoms with Crippen molar-refractivity contribution in [3.8, 4) is 0 Å². The van der Waals surface area contributed by atoms with Gasteiger partial charge >= 0.3 is 0 Å². The number of likely N-dealkylation sites (N-methyl/N-ethyl adjacent to an activating group) is 1. The van der Waals surface area contributed by atoms with Crippen molar-refractivity contribution in [1.82, 2.24) is 15.1 Å². The molecule has 17 heavy (non-hydrogen) atoms. The summed E-state index contributed by atoms with van der Waals surface area (Å²) in [5, 5.41) is 3.10. The Morgan fingerprint density at radius 1 is 1.35 bits per heavy atom. The van der Waals surface area contributed by atoms with Crippen molar-refractivity contribution in [2.45, 2.75) is 26.3 Å². The summed E-state index contributed by atoms with van der Waals surface area (Å²) < 4.78 is 0. The van der Waals surface area contributed by atoms with Crippen LogP contribution in [0.25, 0.3) is 0 Å². The van der Waals surface area contributed by atoms with Gasteiger partial charge < -0.3 is 16.0 Å². The van der Waals surface area contributed by atoms with Gasteiger partial charge in [0.1, 0.15) is 0 Å². The zero-order chi connectivity index (χ0) is 12.7. The number of hydrogen-bond donors (Lipinski definition) is 2. The Hall–Kier alpha value is -0.810. The zero-order valence-electron chi connectivity index (χ0n) is 11.4. The Morgan fingerprint density at radius 3 is 2.59 bits per heavy atom. The van der Waals surface area contributed by atoms with Gasteiger partial charge in [-0.15, -0.1) is 0 Å². The number of hydrogen-bond acceptors (Lipinski definition) is 3. The molecule has 3 N–H and O–H groups in total. The summed E-state index contributed by atoms with van der Waals surface area (Å²) in [6.07, 6.45) is 1.07. The first-order valence-corrected chi connectivity index (χ1v) is 6.60. The van der Waals surface area contributed by atoms with Crippen LogP contribution in [0.15, 0.2) is 4.99 Å². The van der Waals surface area contributed by atoms with Crippen LogP contribution >= 0.6 is 0 Å². The van der Waals surface area contributed by atoms with Gasteiger partial charge in [0.25, 0.3) is 0 Å². The standard InChI is InChI=1S/C12H27N5/c1-4-5-14-12(13)15-10-11(2)17-8-6-16(3)7-9-17/h11H,4-10H2,1-3H3,(H3,13,14,15). The second-order valence-electron chi connectivity index (χ2n) is 4.84. The maximum atomic E-state index is 5.77. The summed E-state index contributed by atoms with van der Waals surface area (Å²) in [6.45, 7) is 10.6. The fourth-order valence-electron chi connectivity index (χ4n) is 1.92. The summed E-state index contributed by atoms with van der Waals surface area (Å²) in [7, 11) is 2.17. The molecule has 0 bridgehead atoms. The van der Waals surface area contributed by atoms with Crippen LogP contribution in [0.5, 0.6) is 0 Å². The largest absolute Gasteiger partial charge is 0.370 e. The van der Waals surface area contributed by atoms with Crippen LogP contribution in [0.4, 0.5) is 0 Å². The van der Waals surface area contributed by atoms with E-state index in [1.165, 1.54) is 0 Å². The molecule has 0 aromatic rings. The molecule has 1 heterocycles. The number of nitrogens with one attached hydrogen (secondary N) is 1. The Morgan fingerprint density at radius 2 is 2.00 bits per heavy atom. The minimum absolute atomic E-state index is 0.477. The van der Waals surface area contributed by atoms with E-state index in [2.05, 4.69) is 41.0 Å². The molecule has 5 heteroatoms. The molecule has 1 fully saturated rings. The predicted octanol–water partition coefficient (Wildman–Crippen LogP) is -0.0634. The van der Waals surface area contributed by atoms with E-state index in [0.717, 1.165) is 45.7 Å². The molecule has 1 rings (SSSR count). The number of piperazine rings is 1. The number of rotatable bonds is 5. The molecule has 0 spiro atoms. The van der Waals surface area contributed by atoms with Crippen LogP contribution < -0.4 is 11.1 Å². The lowest BCUT2D eigenvalue weighted by Crippen LogP contribution is -2.49. The predicted molar refractivity (Wildman–Crippen MR) is 73.3 cm³/mol. The van der Waals surface area contributed by atoms with Crippen molar-refractivity contribution in [3.05, 3.63) is 0 Å². The van der Waals surface area contributed by atoms with Crippen LogP contribution in [0.3, 0.4) is 0 Å². The minimum Gasteiger partial charge on any atom is -0.370 e. The third-order valence-electron chi connectivity index (χ3n) is 3.24. The highest BCUT2D eigenvalue weighted by Crippen LogP contribution is 2.04. The van der Waals surface area contributed by atoms with Crippen molar-refractivity contribution >= 4 is 5.96 Å². The fourth-order valence-corrected chi connectivity index (χ4v) is 1.92. The lowest BCUT2D eigenvalue weighted by molar-refractivity contribution is 0.122. The molecule has 0 aromatic carbocycles. The van der Waals surface area contributed by atoms with Crippen LogP contribution in [0.1, 0.15) is 20.3 Å². The van der Waals surface area contributed by atoms with E-state index in [4.69, 9.17) is 5.73 Å². The van der Waals surface area contributed by atoms with Crippen molar-refractivity contribution < 1.29 is 0 Å². The highest BCUT2D eigenvalue weighted by atomic mass is 15.3. The molecule has 0 saturated carbocycles. The van der Waals surface area contributed by atoms with Gasteiger partial charge in [-0.1, -0.05) is 6.92 Å². The zero-order valence-corrected chi connectivity index (χ0v) is 11.4. The fraction of sp³-hybridized carbons (Fsp3) is 0.917. The van der Waals surface area contributed by atoms with Gasteiger partial charge in [-0.25, -0.2) is 0 Å². The average Bonchev–Trinajstić information content (AvgIpc) is 2.34. The van der Waals surface area contributed by atoms with Crippen molar-refractivity contribution in [1.29, 1.82) is 0 Å². The number of nitrogens with two attached hydrogens (primary N) is 1. The maximum absolute atomic E-state index is 5.77. The molecule has 5 nitrogen and oxygen atoms in total. The SMILES string of the molecule is CCCNC(N)=NCC(C)N1CCN(C)CC1. The summed E-state index contributed by atoms with van der Waals surface area (Å²) in [6, 6.07) is 0.477. The van der Waals surface area contributed by atoms with Gasteiger partial charge in [-0.2, -0.15) is 0 Å². The maximum Gasteiger partial charge on any atom is 0.188 e. The lowest BCUT2D eigenvalue weighted by atomic mass is 10.2. The van der Waals surface area contributed by atoms with E-state index < -0.39 is 0 Å². The monoisotopic (exact) mass is 241 g/mol. The Kier molecular flexibility index (Phi) is 6.29. The molecule has 0 aromatic heterocycles. The van der Waals surface area contributed by atoms with E-state index >= 15 is 0 Å². The molecule has 100 valence electrons. The molecular weight excluding hydrogens is 214 g/mol. The topological polar surface area (TPSA) is 56.9 Å². The lowest BCUT2D eigenvalue weighted by Gasteiger charge is -2.35. The number of guanidine groups is 1. The van der Waals surface area contributed by atoms with E-state index in [9.17, 15) is 0 Å². The highest BCUT2D eigenvalue weighted by molar-refractivity contribution is 5.77. The van der Waals surface area contributed by atoms with Gasteiger partial charge in [0, 0.05) is 38.8 Å². The first-order valence-electron chi connectivity index (χ1n) is 6.60. The van der Waals surface area contributed by atoms with Gasteiger partial charge in [-0.3, -0.25) is 9.89 Å². The minimum atomic E-state index is 0.477. The Bertz CT molecular complexity index is 233. The third-order valence-corrected chi connectivity index (χ3v) is 3.24. The van der Waals surface area contributed by atoms with Gasteiger partial charge in [0.2, 0.25) is 0 Å². The summed E-state index contributed by atoms with van der Waals surface area (Å²) in [4.78, 5) is 9.23. The van der Waals surface area contributed by atoms with E-state index in [1.54, 1.807) is 0 Å². The average molecular weight is 241 g/mol. The van der Waals surface area contributed by atoms with Gasteiger partial charge in [-0.05, 0) is 20.4 Å². The summed E-state index contributed by atoms with van der Waals surface area (Å²) in [5.74, 6) is 0.577. The first-order chi connectivity index (χ1) is 8.13. The Balaban J connectivity index is 2.26. The van der Waals surface area contributed by atoms with Crippen molar-refractivity contribution in [3.63, 3.8) is 0 Å². The normalized spacial score (nSPS) is 21.5. The second kappa shape index (κ2) is 7.50. The molecule has 1 aliphatic heterocycles. The first kappa shape index (κ1) is 14.3. The van der Waals surface area contributed by atoms with E-state index in [0.29, 0.717) is 12.0 Å². The molecule has 1 saturated heterocycles. The van der Waals surface area contributed by atoms with Gasteiger partial charge in [0.05, 0.1) is 6.54 Å². The second-order valence-corrected chi connectivity index (χ2v) is 4.84. The van der Waals surface area contributed by atoms with Crippen molar-refractivity contribution in [2.24, 2.45) is 10.7 Å². The third kappa shape index (κ3) is 5.37. The molecule has 0 amide bonds. The van der Waals surface area contributed by atoms with Gasteiger partial charge in [0.15, 0.2) is 5.96 Å². The van der Waals surface area contributed by atoms with Crippen LogP contribution in [0, 0.1) is 0 Å². The molecule has 0 radical (unpaired) electrons. The smallest absolute Gasteiger partial charge is 0.188 e. The summed E-state index contributed by atoms with van der Waals surface area (Å²) >= 11 is 0.